The number of aromatic nitrogens is 1. The minimum absolute atomic E-state index is 0.127. The number of hydrogen-bond donors (Lipinski definition) is 1. The van der Waals surface area contributed by atoms with Crippen molar-refractivity contribution in [3.63, 3.8) is 0 Å². The monoisotopic (exact) mass is 375 g/mol. The molecule has 6 heteroatoms. The van der Waals surface area contributed by atoms with Gasteiger partial charge in [-0.15, -0.1) is 0 Å². The van der Waals surface area contributed by atoms with Crippen molar-refractivity contribution in [1.29, 1.82) is 0 Å². The molecule has 26 heavy (non-hydrogen) atoms. The Morgan fingerprint density at radius 2 is 1.77 bits per heavy atom. The van der Waals surface area contributed by atoms with Crippen molar-refractivity contribution in [3.8, 4) is 0 Å². The summed E-state index contributed by atoms with van der Waals surface area (Å²) in [6.45, 7) is 5.66. The van der Waals surface area contributed by atoms with Gasteiger partial charge in [0.2, 0.25) is 0 Å². The highest BCUT2D eigenvalue weighted by Crippen LogP contribution is 2.33. The van der Waals surface area contributed by atoms with E-state index < -0.39 is 21.9 Å². The smallest absolute Gasteiger partial charge is 0.268 e. The maximum absolute atomic E-state index is 13.6. The van der Waals surface area contributed by atoms with Crippen LogP contribution >= 0.6 is 0 Å². The Balaban J connectivity index is 2.30. The minimum Gasteiger partial charge on any atom is -0.387 e. The Kier molecular flexibility index (Phi) is 4.90. The largest absolute Gasteiger partial charge is 0.387 e. The summed E-state index contributed by atoms with van der Waals surface area (Å²) < 4.78 is 41.4. The van der Waals surface area contributed by atoms with Crippen LogP contribution in [0.1, 0.15) is 37.6 Å². The molecule has 0 aliphatic rings. The Morgan fingerprint density at radius 3 is 2.38 bits per heavy atom. The first-order valence-electron chi connectivity index (χ1n) is 8.57. The Hall–Kier alpha value is -2.18. The molecule has 0 aliphatic heterocycles. The molecule has 3 rings (SSSR count). The molecule has 0 aliphatic carbocycles. The molecule has 0 amide bonds. The zero-order valence-electron chi connectivity index (χ0n) is 15.0. The van der Waals surface area contributed by atoms with Gasteiger partial charge in [0.25, 0.3) is 10.0 Å². The third-order valence-corrected chi connectivity index (χ3v) is 6.55. The number of aliphatic hydroxyl groups is 1. The highest BCUT2D eigenvalue weighted by atomic mass is 32.2. The number of fused-ring (bicyclic) bond motifs is 1. The number of hydrogen-bond acceptors (Lipinski definition) is 3. The summed E-state index contributed by atoms with van der Waals surface area (Å²) in [7, 11) is -3.94. The first-order chi connectivity index (χ1) is 12.3. The van der Waals surface area contributed by atoms with E-state index in [4.69, 9.17) is 0 Å². The molecule has 2 unspecified atom stereocenters. The van der Waals surface area contributed by atoms with Crippen molar-refractivity contribution in [1.82, 2.24) is 3.97 Å². The van der Waals surface area contributed by atoms with E-state index >= 15 is 0 Å². The quantitative estimate of drug-likeness (QED) is 0.719. The molecule has 138 valence electrons. The molecule has 0 spiro atoms. The van der Waals surface area contributed by atoms with Gasteiger partial charge in [-0.05, 0) is 49.2 Å². The van der Waals surface area contributed by atoms with E-state index in [1.54, 1.807) is 30.3 Å². The van der Waals surface area contributed by atoms with Gasteiger partial charge < -0.3 is 5.11 Å². The Bertz CT molecular complexity index is 1040. The average Bonchev–Trinajstić information content (AvgIpc) is 2.99. The Morgan fingerprint density at radius 1 is 1.12 bits per heavy atom. The molecule has 2 atom stereocenters. The second-order valence-electron chi connectivity index (χ2n) is 6.69. The second kappa shape index (κ2) is 6.85. The molecule has 0 radical (unpaired) electrons. The lowest BCUT2D eigenvalue weighted by Crippen LogP contribution is -2.20. The lowest BCUT2D eigenvalue weighted by atomic mass is 9.99. The molecule has 0 fully saturated rings. The van der Waals surface area contributed by atoms with Crippen LogP contribution in [0.25, 0.3) is 10.9 Å². The number of aryl methyl sites for hydroxylation is 1. The third-order valence-electron chi connectivity index (χ3n) is 4.79. The second-order valence-corrected chi connectivity index (χ2v) is 8.47. The fourth-order valence-corrected chi connectivity index (χ4v) is 4.54. The van der Waals surface area contributed by atoms with Crippen LogP contribution in [-0.2, 0) is 10.0 Å². The van der Waals surface area contributed by atoms with E-state index in [9.17, 15) is 17.9 Å². The van der Waals surface area contributed by atoms with Gasteiger partial charge in [0.05, 0.1) is 22.2 Å². The van der Waals surface area contributed by atoms with Crippen molar-refractivity contribution >= 4 is 20.9 Å². The van der Waals surface area contributed by atoms with Crippen molar-refractivity contribution < 1.29 is 17.9 Å². The Labute approximate surface area is 152 Å². The summed E-state index contributed by atoms with van der Waals surface area (Å²) in [5, 5.41) is 11.2. The molecule has 1 N–H and O–H groups in total. The molecule has 0 saturated heterocycles. The number of halogens is 1. The summed E-state index contributed by atoms with van der Waals surface area (Å²) in [6.07, 6.45) is -0.294. The van der Waals surface area contributed by atoms with Crippen LogP contribution in [-0.4, -0.2) is 17.5 Å². The van der Waals surface area contributed by atoms with Gasteiger partial charge in [-0.25, -0.2) is 16.8 Å². The van der Waals surface area contributed by atoms with Gasteiger partial charge in [0.15, 0.2) is 0 Å². The topological polar surface area (TPSA) is 59.3 Å². The first-order valence-corrected chi connectivity index (χ1v) is 10.0. The maximum atomic E-state index is 13.6. The summed E-state index contributed by atoms with van der Waals surface area (Å²) in [5.74, 6) is -0.594. The lowest BCUT2D eigenvalue weighted by molar-refractivity contribution is 0.111. The van der Waals surface area contributed by atoms with E-state index in [2.05, 4.69) is 0 Å². The van der Waals surface area contributed by atoms with Gasteiger partial charge in [0.1, 0.15) is 5.82 Å². The van der Waals surface area contributed by atoms with Crippen LogP contribution in [0.5, 0.6) is 0 Å². The van der Waals surface area contributed by atoms with Gasteiger partial charge in [0, 0.05) is 5.39 Å². The molecular formula is C20H22FNO3S. The zero-order chi connectivity index (χ0) is 19.1. The first kappa shape index (κ1) is 18.6. The molecule has 1 heterocycles. The molecule has 2 aromatic carbocycles. The van der Waals surface area contributed by atoms with Crippen LogP contribution in [0, 0.1) is 18.7 Å². The zero-order valence-corrected chi connectivity index (χ0v) is 15.8. The molecule has 1 aromatic heterocycles. The van der Waals surface area contributed by atoms with Crippen LogP contribution in [0.2, 0.25) is 0 Å². The molecule has 0 bridgehead atoms. The van der Waals surface area contributed by atoms with Gasteiger partial charge >= 0.3 is 0 Å². The number of benzene rings is 2. The summed E-state index contributed by atoms with van der Waals surface area (Å²) in [4.78, 5) is 0.127. The average molecular weight is 375 g/mol. The van der Waals surface area contributed by atoms with Gasteiger partial charge in [-0.3, -0.25) is 0 Å². The van der Waals surface area contributed by atoms with Crippen molar-refractivity contribution in [2.24, 2.45) is 5.92 Å². The van der Waals surface area contributed by atoms with Crippen molar-refractivity contribution in [3.05, 3.63) is 65.6 Å². The normalized spacial score (nSPS) is 14.5. The predicted molar refractivity (Wildman–Crippen MR) is 100 cm³/mol. The van der Waals surface area contributed by atoms with E-state index in [0.29, 0.717) is 17.3 Å². The van der Waals surface area contributed by atoms with E-state index in [1.165, 1.54) is 18.2 Å². The molecule has 4 nitrogen and oxygen atoms in total. The minimum atomic E-state index is -3.94. The molecular weight excluding hydrogens is 353 g/mol. The SMILES string of the molecule is CCC(C)C(O)c1cc2cc(F)ccc2n1S(=O)(=O)c1ccc(C)cc1. The van der Waals surface area contributed by atoms with Crippen molar-refractivity contribution in [2.45, 2.75) is 38.2 Å². The van der Waals surface area contributed by atoms with E-state index in [1.807, 2.05) is 20.8 Å². The fourth-order valence-electron chi connectivity index (χ4n) is 2.99. The van der Waals surface area contributed by atoms with Gasteiger partial charge in [-0.2, -0.15) is 0 Å². The van der Waals surface area contributed by atoms with Gasteiger partial charge in [-0.1, -0.05) is 38.0 Å². The number of aliphatic hydroxyl groups excluding tert-OH is 1. The number of nitrogens with zero attached hydrogens (tertiary/aromatic N) is 1. The maximum Gasteiger partial charge on any atom is 0.268 e. The van der Waals surface area contributed by atoms with Crippen LogP contribution < -0.4 is 0 Å². The van der Waals surface area contributed by atoms with Crippen LogP contribution in [0.15, 0.2) is 53.4 Å². The number of rotatable bonds is 5. The highest BCUT2D eigenvalue weighted by molar-refractivity contribution is 7.90. The summed E-state index contributed by atoms with van der Waals surface area (Å²) in [5.41, 5.74) is 1.55. The predicted octanol–water partition coefficient (Wildman–Crippen LogP) is 4.41. The van der Waals surface area contributed by atoms with Crippen molar-refractivity contribution in [2.75, 3.05) is 0 Å². The van der Waals surface area contributed by atoms with Crippen LogP contribution in [0.3, 0.4) is 0 Å². The summed E-state index contributed by atoms with van der Waals surface area (Å²) in [6, 6.07) is 12.0. The van der Waals surface area contributed by atoms with E-state index in [0.717, 1.165) is 9.54 Å². The highest BCUT2D eigenvalue weighted by Gasteiger charge is 2.28. The van der Waals surface area contributed by atoms with Crippen LogP contribution in [0.4, 0.5) is 4.39 Å². The van der Waals surface area contributed by atoms with E-state index in [-0.39, 0.29) is 16.5 Å². The summed E-state index contributed by atoms with van der Waals surface area (Å²) >= 11 is 0. The standard InChI is InChI=1S/C20H22FNO3S/c1-4-14(3)20(23)19-12-15-11-16(21)7-10-18(15)22(19)26(24,25)17-8-5-13(2)6-9-17/h5-12,14,20,23H,4H2,1-3H3. The molecule has 3 aromatic rings. The molecule has 0 saturated carbocycles. The lowest BCUT2D eigenvalue weighted by Gasteiger charge is -2.20. The third kappa shape index (κ3) is 3.15. The fraction of sp³-hybridized carbons (Fsp3) is 0.300.